The molecule has 4 amide bonds. The van der Waals surface area contributed by atoms with E-state index in [2.05, 4.69) is 36.0 Å². The molecule has 3 aliphatic heterocycles. The summed E-state index contributed by atoms with van der Waals surface area (Å²) in [6.45, 7) is 1.93. The molecular formula is C53H51F3N10O8S. The Hall–Kier alpha value is -7.98. The predicted molar refractivity (Wildman–Crippen MR) is 273 cm³/mol. The zero-order valence-electron chi connectivity index (χ0n) is 40.8. The van der Waals surface area contributed by atoms with Crippen LogP contribution in [0.3, 0.4) is 0 Å². The highest BCUT2D eigenvalue weighted by Gasteiger charge is 2.39. The fourth-order valence-corrected chi connectivity index (χ4v) is 11.2. The van der Waals surface area contributed by atoms with Gasteiger partial charge in [0.1, 0.15) is 28.3 Å². The monoisotopic (exact) mass is 1040 g/mol. The quantitative estimate of drug-likeness (QED) is 0.0561. The average molecular weight is 1050 g/mol. The van der Waals surface area contributed by atoms with Crippen molar-refractivity contribution in [2.45, 2.75) is 63.6 Å². The molecule has 75 heavy (non-hydrogen) atoms. The van der Waals surface area contributed by atoms with Crippen LogP contribution in [0.25, 0.3) is 32.2 Å². The van der Waals surface area contributed by atoms with E-state index in [1.165, 1.54) is 48.8 Å². The second-order valence-electron chi connectivity index (χ2n) is 18.8. The second-order valence-corrected chi connectivity index (χ2v) is 19.8. The van der Waals surface area contributed by atoms with Crippen LogP contribution in [0, 0.1) is 5.92 Å². The molecule has 7 heterocycles. The Kier molecular flexibility index (Phi) is 14.2. The zero-order valence-corrected chi connectivity index (χ0v) is 41.6. The summed E-state index contributed by atoms with van der Waals surface area (Å²) in [6, 6.07) is 19.4. The summed E-state index contributed by atoms with van der Waals surface area (Å²) in [5, 5.41) is 24.3. The lowest BCUT2D eigenvalue weighted by Crippen LogP contribution is -2.39. The molecule has 3 aromatic carbocycles. The molecule has 0 radical (unpaired) electrons. The number of carbonyl (C=O) groups excluding carboxylic acids is 4. The minimum Gasteiger partial charge on any atom is -0.493 e. The van der Waals surface area contributed by atoms with Gasteiger partial charge in [0.2, 0.25) is 17.7 Å². The number of rotatable bonds is 15. The molecule has 0 saturated carbocycles. The van der Waals surface area contributed by atoms with Crippen LogP contribution in [0.1, 0.15) is 87.8 Å². The van der Waals surface area contributed by atoms with E-state index in [1.807, 2.05) is 35.2 Å². The number of anilines is 3. The lowest BCUT2D eigenvalue weighted by molar-refractivity contribution is -0.138. The van der Waals surface area contributed by atoms with Gasteiger partial charge in [0.05, 0.1) is 47.8 Å². The third-order valence-corrected chi connectivity index (χ3v) is 15.0. The van der Waals surface area contributed by atoms with Crippen molar-refractivity contribution in [3.63, 3.8) is 0 Å². The average Bonchev–Trinajstić information content (AvgIpc) is 3.97. The number of thiazole rings is 1. The molecule has 7 aromatic rings. The highest BCUT2D eigenvalue weighted by atomic mass is 32.1. The molecule has 2 fully saturated rings. The largest absolute Gasteiger partial charge is 0.493 e. The number of methoxy groups -OCH3 is 1. The van der Waals surface area contributed by atoms with Gasteiger partial charge in [0.15, 0.2) is 16.6 Å². The Morgan fingerprint density at radius 3 is 2.48 bits per heavy atom. The lowest BCUT2D eigenvalue weighted by atomic mass is 9.92. The van der Waals surface area contributed by atoms with E-state index in [0.29, 0.717) is 84.0 Å². The number of hydrogen-bond donors (Lipinski definition) is 4. The van der Waals surface area contributed by atoms with Crippen molar-refractivity contribution in [2.75, 3.05) is 55.4 Å². The Balaban J connectivity index is 0.749. The molecule has 1 unspecified atom stereocenters. The SMILES string of the molecule is COc1c(NC(=O)CN2CCC(CCCOc3cccc(-c4ccc(N5CCc6ccnc(C(=O)Nc7nc8ccccc8s7)c6C5)nc4C(=O)O)c3C(F)(F)F)CC2)ccc2c(C3CCC(=O)NC3=O)nn(C)c12. The van der Waals surface area contributed by atoms with Crippen LogP contribution in [0.2, 0.25) is 0 Å². The van der Waals surface area contributed by atoms with Crippen LogP contribution in [0.15, 0.2) is 79.0 Å². The van der Waals surface area contributed by atoms with Crippen LogP contribution >= 0.6 is 11.3 Å². The number of benzene rings is 3. The molecule has 2 saturated heterocycles. The number of ether oxygens (including phenoxy) is 2. The number of pyridine rings is 2. The smallest absolute Gasteiger partial charge is 0.420 e. The number of nitrogens with zero attached hydrogens (tertiary/aromatic N) is 7. The molecule has 0 spiro atoms. The van der Waals surface area contributed by atoms with Gasteiger partial charge < -0.3 is 24.8 Å². The highest BCUT2D eigenvalue weighted by Crippen LogP contribution is 2.45. The van der Waals surface area contributed by atoms with E-state index in [-0.39, 0.29) is 66.5 Å². The Labute approximate surface area is 431 Å². The van der Waals surface area contributed by atoms with Crippen molar-refractivity contribution in [3.8, 4) is 22.6 Å². The number of hydrogen-bond acceptors (Lipinski definition) is 14. The number of carbonyl (C=O) groups is 5. The first-order valence-electron chi connectivity index (χ1n) is 24.5. The number of halogens is 3. The summed E-state index contributed by atoms with van der Waals surface area (Å²) < 4.78 is 59.1. The minimum absolute atomic E-state index is 0.0120. The van der Waals surface area contributed by atoms with Gasteiger partial charge in [-0.05, 0) is 112 Å². The molecule has 4 aromatic heterocycles. The van der Waals surface area contributed by atoms with E-state index >= 15 is 13.2 Å². The minimum atomic E-state index is -4.91. The van der Waals surface area contributed by atoms with Crippen molar-refractivity contribution < 1.29 is 51.7 Å². The first kappa shape index (κ1) is 50.5. The Morgan fingerprint density at radius 2 is 1.72 bits per heavy atom. The van der Waals surface area contributed by atoms with Gasteiger partial charge in [-0.2, -0.15) is 18.3 Å². The number of aromatic nitrogens is 5. The number of fused-ring (bicyclic) bond motifs is 3. The van der Waals surface area contributed by atoms with Gasteiger partial charge in [0.25, 0.3) is 5.91 Å². The number of alkyl halides is 3. The van der Waals surface area contributed by atoms with Crippen molar-refractivity contribution in [2.24, 2.45) is 13.0 Å². The molecule has 1 atom stereocenters. The molecule has 0 aliphatic carbocycles. The van der Waals surface area contributed by atoms with Gasteiger partial charge in [-0.1, -0.05) is 35.6 Å². The second kappa shape index (κ2) is 21.1. The normalized spacial score (nSPS) is 16.4. The molecular weight excluding hydrogens is 994 g/mol. The number of imide groups is 1. The van der Waals surface area contributed by atoms with Gasteiger partial charge in [-0.15, -0.1) is 0 Å². The van der Waals surface area contributed by atoms with E-state index in [0.717, 1.165) is 28.6 Å². The Morgan fingerprint density at radius 1 is 0.907 bits per heavy atom. The number of aryl methyl sites for hydroxylation is 1. The van der Waals surface area contributed by atoms with E-state index in [4.69, 9.17) is 9.47 Å². The molecule has 10 rings (SSSR count). The molecule has 22 heteroatoms. The van der Waals surface area contributed by atoms with Crippen LogP contribution in [0.4, 0.5) is 29.8 Å². The van der Waals surface area contributed by atoms with Crippen LogP contribution in [-0.2, 0) is 40.6 Å². The number of nitrogens with one attached hydrogen (secondary N) is 3. The number of carboxylic acids is 1. The maximum absolute atomic E-state index is 15.0. The van der Waals surface area contributed by atoms with Crippen LogP contribution in [-0.4, -0.2) is 104 Å². The number of para-hydroxylation sites is 1. The van der Waals surface area contributed by atoms with Crippen molar-refractivity contribution in [3.05, 3.63) is 113 Å². The highest BCUT2D eigenvalue weighted by molar-refractivity contribution is 7.22. The third-order valence-electron chi connectivity index (χ3n) is 14.0. The van der Waals surface area contributed by atoms with Crippen LogP contribution in [0.5, 0.6) is 11.5 Å². The van der Waals surface area contributed by atoms with E-state index in [1.54, 1.807) is 35.0 Å². The van der Waals surface area contributed by atoms with Crippen molar-refractivity contribution >= 4 is 78.7 Å². The Bertz CT molecular complexity index is 3360. The molecule has 0 bridgehead atoms. The van der Waals surface area contributed by atoms with E-state index < -0.39 is 46.9 Å². The lowest BCUT2D eigenvalue weighted by Gasteiger charge is -2.31. The fraction of sp³-hybridized carbons (Fsp3) is 0.340. The summed E-state index contributed by atoms with van der Waals surface area (Å²) >= 11 is 1.33. The number of aromatic carboxylic acids is 1. The third kappa shape index (κ3) is 10.6. The zero-order chi connectivity index (χ0) is 52.5. The number of amides is 4. The summed E-state index contributed by atoms with van der Waals surface area (Å²) in [5.74, 6) is -3.11. The number of carboxylic acid groups (broad SMARTS) is 1. The van der Waals surface area contributed by atoms with Crippen molar-refractivity contribution in [1.29, 1.82) is 0 Å². The molecule has 4 N–H and O–H groups in total. The number of likely N-dealkylation sites (tertiary alicyclic amines) is 1. The standard InChI is InChI=1S/C53H51F3N10O8S/c1-64-47-33(44(63-64)34-14-17-41(67)61-49(34)69)12-15-37(48(47)73-2)58-42(68)28-65-23-19-29(20-24-65)7-6-26-74-38-10-5-8-31(43(38)53(54,55)56)32-13-16-40(60-46(32)51(71)72)66-25-21-30-18-22-57-45(35(30)27-66)50(70)62-52-59-36-9-3-4-11-39(36)75-52/h3-5,8-13,15-16,18,22,29,34H,6-7,14,17,19-21,23-28H2,1-2H3,(H,58,68)(H,71,72)(H,59,62,70)(H,61,67,69). The first-order valence-corrected chi connectivity index (χ1v) is 25.3. The summed E-state index contributed by atoms with van der Waals surface area (Å²) in [4.78, 5) is 81.2. The van der Waals surface area contributed by atoms with Gasteiger partial charge in [-0.25, -0.2) is 14.8 Å². The summed E-state index contributed by atoms with van der Waals surface area (Å²) in [7, 11) is 3.21. The maximum atomic E-state index is 15.0. The van der Waals surface area contributed by atoms with E-state index in [9.17, 15) is 29.1 Å². The van der Waals surface area contributed by atoms with Gasteiger partial charge in [-0.3, -0.25) is 44.4 Å². The van der Waals surface area contributed by atoms with Gasteiger partial charge >= 0.3 is 12.1 Å². The first-order chi connectivity index (χ1) is 36.1. The predicted octanol–water partition coefficient (Wildman–Crippen LogP) is 8.21. The fourth-order valence-electron chi connectivity index (χ4n) is 10.4. The molecule has 388 valence electrons. The van der Waals surface area contributed by atoms with Crippen LogP contribution < -0.4 is 30.3 Å². The number of piperidine rings is 2. The molecule has 3 aliphatic rings. The van der Waals surface area contributed by atoms with Gasteiger partial charge in [0, 0.05) is 54.8 Å². The van der Waals surface area contributed by atoms with Crippen molar-refractivity contribution in [1.82, 2.24) is 34.9 Å². The summed E-state index contributed by atoms with van der Waals surface area (Å²) in [5.41, 5.74) is 1.69. The molecule has 18 nitrogen and oxygen atoms in total. The maximum Gasteiger partial charge on any atom is 0.420 e. The topological polar surface area (TPSA) is 223 Å². The summed E-state index contributed by atoms with van der Waals surface area (Å²) in [6.07, 6.45) is 0.356.